The van der Waals surface area contributed by atoms with E-state index in [0.29, 0.717) is 30.8 Å². The zero-order chi connectivity index (χ0) is 44.0. The van der Waals surface area contributed by atoms with E-state index < -0.39 is 83.4 Å². The summed E-state index contributed by atoms with van der Waals surface area (Å²) in [4.78, 5) is 57.6. The summed E-state index contributed by atoms with van der Waals surface area (Å²) in [5, 5.41) is 34.6. The summed E-state index contributed by atoms with van der Waals surface area (Å²) < 4.78 is 32.1. The van der Waals surface area contributed by atoms with Gasteiger partial charge in [0.25, 0.3) is 0 Å². The molecule has 0 aliphatic carbocycles. The predicted octanol–water partition coefficient (Wildman–Crippen LogP) is 3.39. The van der Waals surface area contributed by atoms with E-state index in [0.717, 1.165) is 5.56 Å². The maximum atomic E-state index is 14.4. The Balaban J connectivity index is 1.58. The number of nitrogen functional groups attached to an aromatic ring is 1. The standard InChI is InChI=1S/C42H66N6O11/c1-12-32-42(8,54)37(59-40(53)44-17-14-18-48-22-30(45-46-48)28-15-13-16-29(43)20-28)25(4)33(49)23(2)21-41(7,55-11)36(26(5)34(50)27(6)38(52)57-32)58-39-35(51)31(47(9)10)19-24(3)56-39/h13,15-16,20,22-27,31-32,35-37,39,51,54H,12,14,17-19,21,43H2,1-11H3,(H,44,53)/t23-,24+,25+,26+,27-,31-,32-,35+,36-,37-,39-,41-,42-/m1/s1. The fourth-order valence-corrected chi connectivity index (χ4v) is 8.47. The smallest absolute Gasteiger partial charge is 0.407 e. The van der Waals surface area contributed by atoms with E-state index >= 15 is 0 Å². The zero-order valence-electron chi connectivity index (χ0n) is 36.4. The first kappa shape index (κ1) is 47.7. The Morgan fingerprint density at radius 3 is 2.39 bits per heavy atom. The normalized spacial score (nSPS) is 35.2. The number of carbonyl (C=O) groups is 4. The quantitative estimate of drug-likeness (QED) is 0.110. The van der Waals surface area contributed by atoms with Gasteiger partial charge in [-0.2, -0.15) is 0 Å². The summed E-state index contributed by atoms with van der Waals surface area (Å²) in [6.07, 6.45) is -4.48. The maximum Gasteiger partial charge on any atom is 0.407 e. The van der Waals surface area contributed by atoms with Crippen molar-refractivity contribution >= 4 is 29.3 Å². The minimum absolute atomic E-state index is 0.0171. The number of hydrogen-bond acceptors (Lipinski definition) is 15. The number of rotatable bonds is 11. The molecule has 13 atom stereocenters. The van der Waals surface area contributed by atoms with E-state index in [1.807, 2.05) is 38.1 Å². The van der Waals surface area contributed by atoms with Crippen LogP contribution in [0, 0.1) is 23.7 Å². The number of Topliss-reactive ketones (excluding diaryl/α,β-unsaturated/α-hetero) is 2. The van der Waals surface area contributed by atoms with E-state index in [1.165, 1.54) is 21.0 Å². The summed E-state index contributed by atoms with van der Waals surface area (Å²) in [6.45, 7) is 13.4. The third kappa shape index (κ3) is 11.2. The topological polar surface area (TPSA) is 227 Å². The molecular formula is C42H66N6O11. The monoisotopic (exact) mass is 830 g/mol. The fraction of sp³-hybridized carbons (Fsp3) is 0.714. The molecule has 17 nitrogen and oxygen atoms in total. The number of benzene rings is 1. The molecule has 0 spiro atoms. The van der Waals surface area contributed by atoms with E-state index in [-0.39, 0.29) is 37.3 Å². The zero-order valence-corrected chi connectivity index (χ0v) is 36.4. The number of ketones is 2. The van der Waals surface area contributed by atoms with E-state index in [4.69, 9.17) is 29.4 Å². The molecule has 2 aromatic rings. The molecule has 0 unspecified atom stereocenters. The second-order valence-electron chi connectivity index (χ2n) is 17.0. The summed E-state index contributed by atoms with van der Waals surface area (Å²) in [6, 6.07) is 6.97. The number of carbonyl (C=O) groups excluding carboxylic acids is 4. The van der Waals surface area contributed by atoms with Crippen molar-refractivity contribution in [3.05, 3.63) is 30.5 Å². The fourth-order valence-electron chi connectivity index (χ4n) is 8.47. The van der Waals surface area contributed by atoms with E-state index in [2.05, 4.69) is 15.6 Å². The van der Waals surface area contributed by atoms with Gasteiger partial charge in [-0.05, 0) is 79.6 Å². The number of ether oxygens (including phenoxy) is 5. The number of nitrogens with zero attached hydrogens (tertiary/aromatic N) is 4. The number of amides is 1. The van der Waals surface area contributed by atoms with Crippen LogP contribution >= 0.6 is 0 Å². The molecule has 0 radical (unpaired) electrons. The number of methoxy groups -OCH3 is 1. The van der Waals surface area contributed by atoms with Crippen LogP contribution in [0.1, 0.15) is 81.1 Å². The molecule has 1 amide bonds. The number of alkyl carbamates (subject to hydrolysis) is 1. The number of nitrogens with one attached hydrogen (secondary N) is 1. The Morgan fingerprint density at radius 2 is 1.76 bits per heavy atom. The Labute approximate surface area is 347 Å². The van der Waals surface area contributed by atoms with Crippen LogP contribution in [0.15, 0.2) is 30.5 Å². The number of aryl methyl sites for hydroxylation is 1. The molecule has 2 aliphatic heterocycles. The average Bonchev–Trinajstić information content (AvgIpc) is 3.67. The van der Waals surface area contributed by atoms with Crippen LogP contribution in [0.25, 0.3) is 11.3 Å². The van der Waals surface area contributed by atoms with Crippen molar-refractivity contribution in [3.8, 4) is 11.3 Å². The first-order chi connectivity index (χ1) is 27.6. The van der Waals surface area contributed by atoms with Crippen LogP contribution in [0.4, 0.5) is 10.5 Å². The van der Waals surface area contributed by atoms with Crippen molar-refractivity contribution in [3.63, 3.8) is 0 Å². The third-order valence-corrected chi connectivity index (χ3v) is 12.1. The van der Waals surface area contributed by atoms with Gasteiger partial charge in [-0.25, -0.2) is 4.79 Å². The third-order valence-electron chi connectivity index (χ3n) is 12.1. The second-order valence-corrected chi connectivity index (χ2v) is 17.0. The summed E-state index contributed by atoms with van der Waals surface area (Å²) in [7, 11) is 5.13. The lowest BCUT2D eigenvalue weighted by atomic mass is 9.74. The van der Waals surface area contributed by atoms with Crippen molar-refractivity contribution < 1.29 is 53.1 Å². The van der Waals surface area contributed by atoms with Gasteiger partial charge in [0.2, 0.25) is 0 Å². The van der Waals surface area contributed by atoms with E-state index in [1.54, 1.807) is 57.6 Å². The van der Waals surface area contributed by atoms with Crippen molar-refractivity contribution in [2.45, 2.75) is 142 Å². The minimum atomic E-state index is -2.07. The molecule has 2 aliphatic rings. The molecule has 4 rings (SSSR count). The van der Waals surface area contributed by atoms with Gasteiger partial charge in [-0.1, -0.05) is 45.0 Å². The highest BCUT2D eigenvalue weighted by Crippen LogP contribution is 2.39. The van der Waals surface area contributed by atoms with Gasteiger partial charge in [0, 0.05) is 49.3 Å². The van der Waals surface area contributed by atoms with Gasteiger partial charge < -0.3 is 49.8 Å². The van der Waals surface area contributed by atoms with E-state index in [9.17, 15) is 29.4 Å². The largest absolute Gasteiger partial charge is 0.459 e. The number of aliphatic hydroxyl groups excluding tert-OH is 1. The molecule has 330 valence electrons. The SMILES string of the molecule is CC[C@H]1OC(=O)[C@H](C)C(=O)[C@H](C)[C@@H](O[C@H]2O[C@@H](C)C[C@@H](N(C)C)[C@@H]2O)[C@](C)(OC)C[C@@H](C)C(=O)[C@H](C)[C@@H](OC(=O)NCCCn2cc(-c3cccc(N)c3)nn2)[C@]1(C)O. The van der Waals surface area contributed by atoms with Crippen molar-refractivity contribution in [1.29, 1.82) is 0 Å². The van der Waals surface area contributed by atoms with Gasteiger partial charge in [-0.15, -0.1) is 5.10 Å². The maximum absolute atomic E-state index is 14.4. The lowest BCUT2D eigenvalue weighted by Gasteiger charge is -2.47. The van der Waals surface area contributed by atoms with Crippen LogP contribution in [-0.4, -0.2) is 136 Å². The number of hydrogen-bond donors (Lipinski definition) is 4. The number of cyclic esters (lactones) is 1. The Bertz CT molecular complexity index is 1750. The average molecular weight is 831 g/mol. The summed E-state index contributed by atoms with van der Waals surface area (Å²) in [5.41, 5.74) is 4.54. The van der Waals surface area contributed by atoms with Gasteiger partial charge >= 0.3 is 12.1 Å². The highest BCUT2D eigenvalue weighted by atomic mass is 16.7. The highest BCUT2D eigenvalue weighted by Gasteiger charge is 2.53. The van der Waals surface area contributed by atoms with Crippen LogP contribution < -0.4 is 11.1 Å². The second kappa shape index (κ2) is 20.0. The summed E-state index contributed by atoms with van der Waals surface area (Å²) >= 11 is 0. The Hall–Kier alpha value is -4.00. The molecule has 59 heavy (non-hydrogen) atoms. The molecule has 3 heterocycles. The van der Waals surface area contributed by atoms with Gasteiger partial charge in [0.1, 0.15) is 41.3 Å². The lowest BCUT2D eigenvalue weighted by molar-refractivity contribution is -0.295. The molecule has 1 aromatic carbocycles. The predicted molar refractivity (Wildman–Crippen MR) is 218 cm³/mol. The van der Waals surface area contributed by atoms with Crippen LogP contribution in [0.3, 0.4) is 0 Å². The van der Waals surface area contributed by atoms with Crippen molar-refractivity contribution in [2.75, 3.05) is 33.5 Å². The molecule has 5 N–H and O–H groups in total. The van der Waals surface area contributed by atoms with Crippen LogP contribution in [0.2, 0.25) is 0 Å². The molecule has 0 saturated carbocycles. The molecule has 2 saturated heterocycles. The first-order valence-corrected chi connectivity index (χ1v) is 20.6. The first-order valence-electron chi connectivity index (χ1n) is 20.6. The number of likely N-dealkylation sites (N-methyl/N-ethyl adjacent to an activating group) is 1. The molecular weight excluding hydrogens is 764 g/mol. The Morgan fingerprint density at radius 1 is 1.08 bits per heavy atom. The van der Waals surface area contributed by atoms with Crippen molar-refractivity contribution in [1.82, 2.24) is 25.2 Å². The number of nitrogens with two attached hydrogens (primary N) is 1. The molecule has 0 bridgehead atoms. The Kier molecular flexibility index (Phi) is 16.2. The number of anilines is 1. The van der Waals surface area contributed by atoms with Crippen molar-refractivity contribution in [2.24, 2.45) is 23.7 Å². The number of esters is 1. The minimum Gasteiger partial charge on any atom is -0.459 e. The highest BCUT2D eigenvalue weighted by molar-refractivity contribution is 6.00. The number of aromatic nitrogens is 3. The van der Waals surface area contributed by atoms with Gasteiger partial charge in [-0.3, -0.25) is 19.1 Å². The van der Waals surface area contributed by atoms with Gasteiger partial charge in [0.15, 0.2) is 12.1 Å². The molecule has 2 fully saturated rings. The molecule has 17 heteroatoms. The summed E-state index contributed by atoms with van der Waals surface area (Å²) in [5.74, 6) is -6.06. The van der Waals surface area contributed by atoms with Crippen LogP contribution in [0.5, 0.6) is 0 Å². The van der Waals surface area contributed by atoms with Gasteiger partial charge in [0.05, 0.1) is 29.9 Å². The number of aliphatic hydroxyl groups is 2. The molecule has 1 aromatic heterocycles. The lowest BCUT2D eigenvalue weighted by Crippen LogP contribution is -2.60. The van der Waals surface area contributed by atoms with Crippen LogP contribution in [-0.2, 0) is 44.6 Å².